The Morgan fingerprint density at radius 3 is 2.61 bits per heavy atom. The quantitative estimate of drug-likeness (QED) is 0.791. The van der Waals surface area contributed by atoms with Crippen molar-refractivity contribution in [3.05, 3.63) is 35.9 Å². The molecule has 0 radical (unpaired) electrons. The molecule has 23 heavy (non-hydrogen) atoms. The summed E-state index contributed by atoms with van der Waals surface area (Å²) < 4.78 is 10.9. The zero-order chi connectivity index (χ0) is 17.0. The molecule has 2 amide bonds. The van der Waals surface area contributed by atoms with Gasteiger partial charge < -0.3 is 9.47 Å². The van der Waals surface area contributed by atoms with E-state index in [9.17, 15) is 9.59 Å². The van der Waals surface area contributed by atoms with Gasteiger partial charge in [0.05, 0.1) is 13.7 Å². The van der Waals surface area contributed by atoms with Crippen LogP contribution in [0.4, 0.5) is 4.79 Å². The van der Waals surface area contributed by atoms with Gasteiger partial charge in [-0.1, -0.05) is 30.3 Å². The van der Waals surface area contributed by atoms with Crippen molar-refractivity contribution >= 4 is 12.0 Å². The molecule has 7 heteroatoms. The van der Waals surface area contributed by atoms with Crippen LogP contribution in [0, 0.1) is 0 Å². The number of rotatable bonds is 4. The highest BCUT2D eigenvalue weighted by Crippen LogP contribution is 2.29. The fourth-order valence-corrected chi connectivity index (χ4v) is 2.42. The molecule has 0 aromatic heterocycles. The molecule has 1 aliphatic rings. The largest absolute Gasteiger partial charge is 0.444 e. The lowest BCUT2D eigenvalue weighted by Gasteiger charge is -2.32. The summed E-state index contributed by atoms with van der Waals surface area (Å²) in [6.07, 6.45) is -0.598. The molecule has 0 saturated carbocycles. The van der Waals surface area contributed by atoms with Gasteiger partial charge >= 0.3 is 6.09 Å². The maximum Gasteiger partial charge on any atom is 0.413 e. The van der Waals surface area contributed by atoms with Gasteiger partial charge in [0.15, 0.2) is 0 Å². The average molecular weight is 322 g/mol. The van der Waals surface area contributed by atoms with Gasteiger partial charge in [0.25, 0.3) is 5.91 Å². The molecule has 0 spiro atoms. The second-order valence-electron chi connectivity index (χ2n) is 5.70. The highest BCUT2D eigenvalue weighted by molar-refractivity contribution is 5.85. The Hall–Kier alpha value is -2.12. The molecule has 2 rings (SSSR count). The van der Waals surface area contributed by atoms with Crippen LogP contribution in [0.1, 0.15) is 19.4 Å². The number of ether oxygens (including phenoxy) is 2. The van der Waals surface area contributed by atoms with E-state index in [2.05, 4.69) is 0 Å². The van der Waals surface area contributed by atoms with Gasteiger partial charge in [0.1, 0.15) is 18.4 Å². The van der Waals surface area contributed by atoms with E-state index in [-0.39, 0.29) is 19.1 Å². The molecule has 1 fully saturated rings. The van der Waals surface area contributed by atoms with Gasteiger partial charge in [-0.3, -0.25) is 14.5 Å². The first-order valence-electron chi connectivity index (χ1n) is 7.32. The summed E-state index contributed by atoms with van der Waals surface area (Å²) in [5.41, 5.74) is -0.0569. The number of likely N-dealkylation sites (N-methyl/N-ethyl adjacent to an activating group) is 1. The van der Waals surface area contributed by atoms with Crippen molar-refractivity contribution in [3.8, 4) is 0 Å². The fourth-order valence-electron chi connectivity index (χ4n) is 2.42. The van der Waals surface area contributed by atoms with E-state index in [4.69, 9.17) is 14.3 Å². The third-order valence-electron chi connectivity index (χ3n) is 3.76. The number of carbonyl (C=O) groups is 2. The standard InChI is InChI=1S/C16H22N2O5/c1-16(2)18(13(11-23-16)14(19)17(3)21-4)15(20)22-10-12-8-6-5-7-9-12/h5-9,13H,10-11H2,1-4H3/t13-/m1/s1. The molecule has 1 heterocycles. The molecule has 0 N–H and O–H groups in total. The maximum absolute atomic E-state index is 12.5. The number of benzene rings is 1. The van der Waals surface area contributed by atoms with Gasteiger partial charge in [-0.05, 0) is 19.4 Å². The van der Waals surface area contributed by atoms with Crippen molar-refractivity contribution in [2.45, 2.75) is 32.2 Å². The summed E-state index contributed by atoms with van der Waals surface area (Å²) >= 11 is 0. The average Bonchev–Trinajstić information content (AvgIpc) is 2.87. The van der Waals surface area contributed by atoms with Gasteiger partial charge in [0, 0.05) is 7.05 Å². The Bertz CT molecular complexity index is 561. The normalized spacial score (nSPS) is 19.5. The molecule has 1 aromatic carbocycles. The van der Waals surface area contributed by atoms with E-state index < -0.39 is 17.9 Å². The lowest BCUT2D eigenvalue weighted by atomic mass is 10.2. The highest BCUT2D eigenvalue weighted by atomic mass is 16.7. The molecule has 1 aliphatic heterocycles. The summed E-state index contributed by atoms with van der Waals surface area (Å²) in [7, 11) is 2.87. The minimum atomic E-state index is -0.928. The molecular formula is C16H22N2O5. The summed E-state index contributed by atoms with van der Waals surface area (Å²) in [6.45, 7) is 3.67. The van der Waals surface area contributed by atoms with Gasteiger partial charge in [-0.25, -0.2) is 9.86 Å². The second-order valence-corrected chi connectivity index (χ2v) is 5.70. The number of hydrogen-bond acceptors (Lipinski definition) is 5. The van der Waals surface area contributed by atoms with E-state index in [1.165, 1.54) is 19.1 Å². The Balaban J connectivity index is 2.09. The van der Waals surface area contributed by atoms with E-state index in [0.29, 0.717) is 0 Å². The maximum atomic E-state index is 12.5. The first-order chi connectivity index (χ1) is 10.9. The Kier molecular flexibility index (Phi) is 5.23. The van der Waals surface area contributed by atoms with E-state index in [0.717, 1.165) is 10.6 Å². The molecular weight excluding hydrogens is 300 g/mol. The van der Waals surface area contributed by atoms with Crippen LogP contribution in [0.5, 0.6) is 0 Å². The Morgan fingerprint density at radius 1 is 1.35 bits per heavy atom. The molecule has 0 bridgehead atoms. The van der Waals surface area contributed by atoms with Crippen molar-refractivity contribution in [3.63, 3.8) is 0 Å². The van der Waals surface area contributed by atoms with E-state index in [1.807, 2.05) is 30.3 Å². The lowest BCUT2D eigenvalue weighted by Crippen LogP contribution is -2.53. The number of nitrogens with zero attached hydrogens (tertiary/aromatic N) is 2. The second kappa shape index (κ2) is 6.97. The molecule has 1 atom stereocenters. The molecule has 1 saturated heterocycles. The number of hydrogen-bond donors (Lipinski definition) is 0. The van der Waals surface area contributed by atoms with Crippen LogP contribution < -0.4 is 0 Å². The lowest BCUT2D eigenvalue weighted by molar-refractivity contribution is -0.173. The minimum Gasteiger partial charge on any atom is -0.444 e. The first kappa shape index (κ1) is 17.2. The number of carbonyl (C=O) groups excluding carboxylic acids is 2. The minimum absolute atomic E-state index is 0.0972. The number of hydroxylamine groups is 2. The monoisotopic (exact) mass is 322 g/mol. The zero-order valence-electron chi connectivity index (χ0n) is 13.8. The summed E-state index contributed by atoms with van der Waals surface area (Å²) in [5, 5.41) is 1.08. The molecule has 0 unspecified atom stereocenters. The molecule has 0 aliphatic carbocycles. The predicted molar refractivity (Wildman–Crippen MR) is 82.1 cm³/mol. The van der Waals surface area contributed by atoms with E-state index >= 15 is 0 Å². The van der Waals surface area contributed by atoms with Crippen molar-refractivity contribution in [1.82, 2.24) is 9.96 Å². The van der Waals surface area contributed by atoms with Crippen LogP contribution in [-0.4, -0.2) is 54.5 Å². The third kappa shape index (κ3) is 3.80. The summed E-state index contributed by atoms with van der Waals surface area (Å²) in [6, 6.07) is 8.56. The summed E-state index contributed by atoms with van der Waals surface area (Å²) in [4.78, 5) is 31.0. The van der Waals surface area contributed by atoms with Gasteiger partial charge in [-0.2, -0.15) is 0 Å². The molecule has 126 valence electrons. The first-order valence-corrected chi connectivity index (χ1v) is 7.32. The van der Waals surface area contributed by atoms with Crippen molar-refractivity contribution < 1.29 is 23.9 Å². The SMILES string of the molecule is CON(C)C(=O)[C@H]1COC(C)(C)N1C(=O)OCc1ccccc1. The highest BCUT2D eigenvalue weighted by Gasteiger charge is 2.49. The van der Waals surface area contributed by atoms with Crippen molar-refractivity contribution in [2.24, 2.45) is 0 Å². The Morgan fingerprint density at radius 2 is 2.00 bits per heavy atom. The van der Waals surface area contributed by atoms with Crippen LogP contribution in [0.3, 0.4) is 0 Å². The number of amides is 2. The molecule has 1 aromatic rings. The van der Waals surface area contributed by atoms with Crippen LogP contribution in [-0.2, 0) is 25.7 Å². The fraction of sp³-hybridized carbons (Fsp3) is 0.500. The van der Waals surface area contributed by atoms with Crippen LogP contribution in [0.25, 0.3) is 0 Å². The smallest absolute Gasteiger partial charge is 0.413 e. The Labute approximate surface area is 135 Å². The van der Waals surface area contributed by atoms with E-state index in [1.54, 1.807) is 13.8 Å². The van der Waals surface area contributed by atoms with Crippen LogP contribution in [0.15, 0.2) is 30.3 Å². The van der Waals surface area contributed by atoms with Crippen molar-refractivity contribution in [2.75, 3.05) is 20.8 Å². The molecule has 7 nitrogen and oxygen atoms in total. The van der Waals surface area contributed by atoms with Gasteiger partial charge in [-0.15, -0.1) is 0 Å². The summed E-state index contributed by atoms with van der Waals surface area (Å²) in [5.74, 6) is -0.366. The van der Waals surface area contributed by atoms with Gasteiger partial charge in [0.2, 0.25) is 0 Å². The van der Waals surface area contributed by atoms with Crippen LogP contribution >= 0.6 is 0 Å². The van der Waals surface area contributed by atoms with Crippen LogP contribution in [0.2, 0.25) is 0 Å². The predicted octanol–water partition coefficient (Wildman–Crippen LogP) is 1.78. The topological polar surface area (TPSA) is 68.3 Å². The third-order valence-corrected chi connectivity index (χ3v) is 3.76. The zero-order valence-corrected chi connectivity index (χ0v) is 13.8. The van der Waals surface area contributed by atoms with Crippen molar-refractivity contribution in [1.29, 1.82) is 0 Å².